The van der Waals surface area contributed by atoms with Gasteiger partial charge in [0.05, 0.1) is 18.1 Å². The van der Waals surface area contributed by atoms with Crippen molar-refractivity contribution < 1.29 is 5.11 Å². The van der Waals surface area contributed by atoms with Crippen LogP contribution >= 0.6 is 0 Å². The summed E-state index contributed by atoms with van der Waals surface area (Å²) in [6, 6.07) is 2.34. The third kappa shape index (κ3) is 0.527. The first-order chi connectivity index (χ1) is 5.83. The van der Waals surface area contributed by atoms with Crippen molar-refractivity contribution in [2.24, 2.45) is 29.6 Å². The Hall–Kier alpha value is -0.810. The highest BCUT2D eigenvalue weighted by Crippen LogP contribution is 2.59. The molecule has 0 aromatic carbocycles. The summed E-state index contributed by atoms with van der Waals surface area (Å²) in [4.78, 5) is 0. The van der Waals surface area contributed by atoms with Gasteiger partial charge in [0, 0.05) is 11.8 Å². The molecule has 0 aromatic rings. The molecule has 6 unspecified atom stereocenters. The summed E-state index contributed by atoms with van der Waals surface area (Å²) in [6.45, 7) is 0. The van der Waals surface area contributed by atoms with E-state index in [1.54, 1.807) is 0 Å². The Balaban J connectivity index is 2.06. The van der Waals surface area contributed by atoms with Gasteiger partial charge in [-0.2, -0.15) is 5.26 Å². The van der Waals surface area contributed by atoms with Gasteiger partial charge in [0.2, 0.25) is 0 Å². The molecular formula is C10H11NO. The van der Waals surface area contributed by atoms with E-state index >= 15 is 0 Å². The van der Waals surface area contributed by atoms with Crippen LogP contribution in [-0.2, 0) is 0 Å². The molecular weight excluding hydrogens is 150 g/mol. The average molecular weight is 161 g/mol. The minimum atomic E-state index is -0.227. The molecule has 3 aliphatic carbocycles. The van der Waals surface area contributed by atoms with Crippen molar-refractivity contribution in [1.82, 2.24) is 0 Å². The molecule has 2 fully saturated rings. The second-order valence-corrected chi connectivity index (χ2v) is 4.25. The maximum atomic E-state index is 9.80. The predicted molar refractivity (Wildman–Crippen MR) is 42.8 cm³/mol. The Morgan fingerprint density at radius 3 is 2.75 bits per heavy atom. The SMILES string of the molecule is N#CC1C2C=CC3C(O)C1CC32. The van der Waals surface area contributed by atoms with Crippen LogP contribution in [0.2, 0.25) is 0 Å². The van der Waals surface area contributed by atoms with Gasteiger partial charge in [-0.1, -0.05) is 12.2 Å². The van der Waals surface area contributed by atoms with Crippen LogP contribution in [0, 0.1) is 40.9 Å². The minimum Gasteiger partial charge on any atom is -0.392 e. The first-order valence-electron chi connectivity index (χ1n) is 4.59. The van der Waals surface area contributed by atoms with Gasteiger partial charge in [0.1, 0.15) is 0 Å². The summed E-state index contributed by atoms with van der Waals surface area (Å²) in [5.41, 5.74) is 0. The van der Waals surface area contributed by atoms with E-state index in [0.717, 1.165) is 6.42 Å². The summed E-state index contributed by atoms with van der Waals surface area (Å²) in [5.74, 6) is 1.80. The molecule has 2 saturated carbocycles. The smallest absolute Gasteiger partial charge is 0.0666 e. The number of allylic oxidation sites excluding steroid dienone is 1. The molecule has 6 atom stereocenters. The molecule has 0 aromatic heterocycles. The monoisotopic (exact) mass is 161 g/mol. The molecule has 3 rings (SSSR count). The van der Waals surface area contributed by atoms with Gasteiger partial charge in [-0.05, 0) is 18.3 Å². The van der Waals surface area contributed by atoms with Crippen molar-refractivity contribution in [2.75, 3.05) is 0 Å². The standard InChI is InChI=1S/C10H11NO/c11-4-9-5-1-2-6-7(5)3-8(9)10(6)12/h1-2,5-10,12H,3H2. The van der Waals surface area contributed by atoms with Crippen LogP contribution in [0.1, 0.15) is 6.42 Å². The molecule has 62 valence electrons. The molecule has 3 aliphatic rings. The first-order valence-corrected chi connectivity index (χ1v) is 4.59. The number of hydrogen-bond acceptors (Lipinski definition) is 2. The second kappa shape index (κ2) is 1.92. The molecule has 0 heterocycles. The maximum Gasteiger partial charge on any atom is 0.0666 e. The van der Waals surface area contributed by atoms with Crippen LogP contribution in [0.25, 0.3) is 0 Å². The number of aliphatic hydroxyl groups is 1. The molecule has 2 nitrogen and oxygen atoms in total. The maximum absolute atomic E-state index is 9.80. The summed E-state index contributed by atoms with van der Waals surface area (Å²) in [7, 11) is 0. The number of nitriles is 1. The van der Waals surface area contributed by atoms with Crippen LogP contribution in [0.3, 0.4) is 0 Å². The Kier molecular flexibility index (Phi) is 1.07. The van der Waals surface area contributed by atoms with Crippen molar-refractivity contribution >= 4 is 0 Å². The van der Waals surface area contributed by atoms with Crippen molar-refractivity contribution in [1.29, 1.82) is 5.26 Å². The fourth-order valence-corrected chi connectivity index (χ4v) is 3.43. The Bertz CT molecular complexity index is 291. The number of aliphatic hydroxyl groups excluding tert-OH is 1. The van der Waals surface area contributed by atoms with Crippen molar-refractivity contribution in [2.45, 2.75) is 12.5 Å². The summed E-state index contributed by atoms with van der Waals surface area (Å²) in [5, 5.41) is 18.7. The highest BCUT2D eigenvalue weighted by atomic mass is 16.3. The van der Waals surface area contributed by atoms with E-state index in [0.29, 0.717) is 17.8 Å². The van der Waals surface area contributed by atoms with E-state index in [2.05, 4.69) is 18.2 Å². The van der Waals surface area contributed by atoms with E-state index < -0.39 is 0 Å². The molecule has 0 radical (unpaired) electrons. The molecule has 2 heteroatoms. The molecule has 0 saturated heterocycles. The zero-order valence-electron chi connectivity index (χ0n) is 6.72. The lowest BCUT2D eigenvalue weighted by molar-refractivity contribution is 0.0578. The van der Waals surface area contributed by atoms with E-state index in [9.17, 15) is 5.11 Å². The average Bonchev–Trinajstić information content (AvgIpc) is 2.62. The topological polar surface area (TPSA) is 44.0 Å². The second-order valence-electron chi connectivity index (χ2n) is 4.25. The van der Waals surface area contributed by atoms with Crippen molar-refractivity contribution in [3.05, 3.63) is 12.2 Å². The molecule has 2 bridgehead atoms. The highest BCUT2D eigenvalue weighted by molar-refractivity contribution is 5.24. The summed E-state index contributed by atoms with van der Waals surface area (Å²) >= 11 is 0. The van der Waals surface area contributed by atoms with Crippen LogP contribution in [-0.4, -0.2) is 11.2 Å². The summed E-state index contributed by atoms with van der Waals surface area (Å²) in [6.07, 6.45) is 5.12. The lowest BCUT2D eigenvalue weighted by atomic mass is 9.78. The van der Waals surface area contributed by atoms with Crippen molar-refractivity contribution in [3.63, 3.8) is 0 Å². The zero-order chi connectivity index (χ0) is 8.29. The van der Waals surface area contributed by atoms with E-state index in [4.69, 9.17) is 5.26 Å². The largest absolute Gasteiger partial charge is 0.392 e. The third-order valence-corrected chi connectivity index (χ3v) is 3.95. The molecule has 0 aliphatic heterocycles. The van der Waals surface area contributed by atoms with Gasteiger partial charge in [0.25, 0.3) is 0 Å². The van der Waals surface area contributed by atoms with Gasteiger partial charge in [-0.25, -0.2) is 0 Å². The molecule has 0 spiro atoms. The minimum absolute atomic E-state index is 0.0972. The highest BCUT2D eigenvalue weighted by Gasteiger charge is 2.58. The van der Waals surface area contributed by atoms with E-state index in [1.165, 1.54) is 0 Å². The van der Waals surface area contributed by atoms with Crippen LogP contribution in [0.4, 0.5) is 0 Å². The number of fused-ring (bicyclic) bond motifs is 1. The quantitative estimate of drug-likeness (QED) is 0.537. The first kappa shape index (κ1) is 6.68. The Morgan fingerprint density at radius 2 is 2.00 bits per heavy atom. The summed E-state index contributed by atoms with van der Waals surface area (Å²) < 4.78 is 0. The van der Waals surface area contributed by atoms with Crippen molar-refractivity contribution in [3.8, 4) is 6.07 Å². The normalized spacial score (nSPS) is 59.3. The van der Waals surface area contributed by atoms with Gasteiger partial charge in [-0.15, -0.1) is 0 Å². The zero-order valence-corrected chi connectivity index (χ0v) is 6.72. The van der Waals surface area contributed by atoms with Crippen LogP contribution in [0.5, 0.6) is 0 Å². The lowest BCUT2D eigenvalue weighted by Gasteiger charge is -2.27. The van der Waals surface area contributed by atoms with Gasteiger partial charge in [0.15, 0.2) is 0 Å². The molecule has 1 N–H and O–H groups in total. The predicted octanol–water partition coefficient (Wildman–Crippen LogP) is 0.939. The van der Waals surface area contributed by atoms with Gasteiger partial charge >= 0.3 is 0 Å². The molecule has 12 heavy (non-hydrogen) atoms. The fraction of sp³-hybridized carbons (Fsp3) is 0.700. The number of hydrogen-bond donors (Lipinski definition) is 1. The van der Waals surface area contributed by atoms with Gasteiger partial charge < -0.3 is 5.11 Å². The lowest BCUT2D eigenvalue weighted by Crippen LogP contribution is -2.32. The number of nitrogens with zero attached hydrogens (tertiary/aromatic N) is 1. The Labute approximate surface area is 71.5 Å². The van der Waals surface area contributed by atoms with E-state index in [-0.39, 0.29) is 17.9 Å². The van der Waals surface area contributed by atoms with Gasteiger partial charge in [-0.3, -0.25) is 0 Å². The number of rotatable bonds is 0. The third-order valence-electron chi connectivity index (χ3n) is 3.95. The van der Waals surface area contributed by atoms with Crippen LogP contribution < -0.4 is 0 Å². The van der Waals surface area contributed by atoms with Crippen LogP contribution in [0.15, 0.2) is 12.2 Å². The van der Waals surface area contributed by atoms with E-state index in [1.807, 2.05) is 0 Å². The fourth-order valence-electron chi connectivity index (χ4n) is 3.43. The Morgan fingerprint density at radius 1 is 1.25 bits per heavy atom. The molecule has 0 amide bonds.